The molecular formula is C43H46ClN7O4. The van der Waals surface area contributed by atoms with Crippen molar-refractivity contribution in [1.29, 1.82) is 0 Å². The Labute approximate surface area is 327 Å². The molecule has 2 atom stereocenters. The Kier molecular flexibility index (Phi) is 8.70. The minimum Gasteiger partial charge on any atom is -0.371 e. The Morgan fingerprint density at radius 2 is 1.62 bits per heavy atom. The number of fused-ring (bicyclic) bond motifs is 2. The van der Waals surface area contributed by atoms with Crippen LogP contribution in [0.1, 0.15) is 83.4 Å². The number of likely N-dealkylation sites (tertiary alicyclic amines) is 1. The molecular weight excluding hydrogens is 714 g/mol. The van der Waals surface area contributed by atoms with E-state index in [9.17, 15) is 19.2 Å². The average molecular weight is 760 g/mol. The van der Waals surface area contributed by atoms with Crippen molar-refractivity contribution in [2.75, 3.05) is 49.1 Å². The summed E-state index contributed by atoms with van der Waals surface area (Å²) in [7, 11) is 0. The first-order valence-corrected chi connectivity index (χ1v) is 19.9. The number of hydrogen-bond donors (Lipinski definition) is 1. The zero-order valence-electron chi connectivity index (χ0n) is 31.4. The fraction of sp³-hybridized carbons (Fsp3) is 0.465. The number of imide groups is 1. The lowest BCUT2D eigenvalue weighted by atomic mass is 9.76. The lowest BCUT2D eigenvalue weighted by molar-refractivity contribution is -0.136. The zero-order valence-corrected chi connectivity index (χ0v) is 32.2. The van der Waals surface area contributed by atoms with Gasteiger partial charge >= 0.3 is 0 Å². The molecule has 11 nitrogen and oxygen atoms in total. The van der Waals surface area contributed by atoms with E-state index in [0.29, 0.717) is 48.4 Å². The van der Waals surface area contributed by atoms with Gasteiger partial charge in [-0.2, -0.15) is 0 Å². The normalized spacial score (nSPS) is 24.1. The second-order valence-corrected chi connectivity index (χ2v) is 17.7. The Morgan fingerprint density at radius 1 is 0.909 bits per heavy atom. The molecule has 1 unspecified atom stereocenters. The highest BCUT2D eigenvalue weighted by molar-refractivity contribution is 6.33. The van der Waals surface area contributed by atoms with Gasteiger partial charge in [-0.25, -0.2) is 4.85 Å². The largest absolute Gasteiger partial charge is 0.371 e. The van der Waals surface area contributed by atoms with Crippen LogP contribution < -0.4 is 15.1 Å². The van der Waals surface area contributed by atoms with Gasteiger partial charge in [0.25, 0.3) is 11.8 Å². The predicted octanol–water partition coefficient (Wildman–Crippen LogP) is 6.02. The smallest absolute Gasteiger partial charge is 0.255 e. The molecule has 12 heteroatoms. The van der Waals surface area contributed by atoms with E-state index in [2.05, 4.69) is 56.9 Å². The van der Waals surface area contributed by atoms with Crippen molar-refractivity contribution in [2.24, 2.45) is 10.8 Å². The molecule has 6 heterocycles. The maximum absolute atomic E-state index is 13.5. The van der Waals surface area contributed by atoms with E-state index >= 15 is 0 Å². The molecule has 3 aromatic carbocycles. The molecule has 3 aromatic rings. The molecule has 55 heavy (non-hydrogen) atoms. The first kappa shape index (κ1) is 35.8. The van der Waals surface area contributed by atoms with Crippen LogP contribution in [-0.2, 0) is 29.2 Å². The van der Waals surface area contributed by atoms with Crippen LogP contribution in [0.15, 0.2) is 54.6 Å². The van der Waals surface area contributed by atoms with Crippen molar-refractivity contribution in [1.82, 2.24) is 20.0 Å². The highest BCUT2D eigenvalue weighted by Gasteiger charge is 2.46. The van der Waals surface area contributed by atoms with Crippen molar-refractivity contribution in [3.05, 3.63) is 98.9 Å². The van der Waals surface area contributed by atoms with E-state index in [1.54, 1.807) is 4.90 Å². The number of carbonyl (C=O) groups is 4. The number of piperidine rings is 2. The van der Waals surface area contributed by atoms with Crippen LogP contribution in [-0.4, -0.2) is 89.7 Å². The lowest BCUT2D eigenvalue weighted by Crippen LogP contribution is -2.60. The molecule has 6 aliphatic heterocycles. The van der Waals surface area contributed by atoms with Crippen LogP contribution >= 0.6 is 11.6 Å². The first-order valence-electron chi connectivity index (χ1n) is 19.5. The van der Waals surface area contributed by atoms with Crippen molar-refractivity contribution >= 4 is 52.3 Å². The molecule has 1 spiro atoms. The molecule has 6 aliphatic rings. The van der Waals surface area contributed by atoms with Gasteiger partial charge in [0, 0.05) is 104 Å². The quantitative estimate of drug-likeness (QED) is 0.243. The van der Waals surface area contributed by atoms with E-state index in [4.69, 9.17) is 18.2 Å². The van der Waals surface area contributed by atoms with E-state index < -0.39 is 6.04 Å². The Hall–Kier alpha value is -4.92. The minimum atomic E-state index is -0.605. The number of benzene rings is 3. The molecule has 0 saturated carbocycles. The molecule has 4 saturated heterocycles. The van der Waals surface area contributed by atoms with E-state index in [1.807, 2.05) is 41.3 Å². The van der Waals surface area contributed by atoms with Crippen molar-refractivity contribution < 1.29 is 19.2 Å². The number of rotatable bonds is 6. The van der Waals surface area contributed by atoms with Crippen LogP contribution in [0.3, 0.4) is 0 Å². The molecule has 4 amide bonds. The van der Waals surface area contributed by atoms with Crippen LogP contribution in [0, 0.1) is 17.4 Å². The number of amides is 4. The Morgan fingerprint density at radius 3 is 2.31 bits per heavy atom. The zero-order chi connectivity index (χ0) is 38.2. The molecule has 0 aromatic heterocycles. The maximum Gasteiger partial charge on any atom is 0.255 e. The van der Waals surface area contributed by atoms with Gasteiger partial charge in [0.15, 0.2) is 0 Å². The number of hydrogen-bond acceptors (Lipinski definition) is 7. The summed E-state index contributed by atoms with van der Waals surface area (Å²) < 4.78 is 0. The summed E-state index contributed by atoms with van der Waals surface area (Å²) >= 11 is 6.38. The summed E-state index contributed by atoms with van der Waals surface area (Å²) in [6, 6.07) is 17.9. The Bertz CT molecular complexity index is 2150. The molecule has 0 aliphatic carbocycles. The molecule has 1 N–H and O–H groups in total. The van der Waals surface area contributed by atoms with Gasteiger partial charge in [-0.15, -0.1) is 0 Å². The second-order valence-electron chi connectivity index (χ2n) is 17.3. The van der Waals surface area contributed by atoms with Crippen LogP contribution in [0.25, 0.3) is 4.85 Å². The monoisotopic (exact) mass is 759 g/mol. The molecule has 0 bridgehead atoms. The van der Waals surface area contributed by atoms with Gasteiger partial charge in [0.2, 0.25) is 17.5 Å². The minimum absolute atomic E-state index is 0.0106. The number of nitrogens with one attached hydrogen (secondary N) is 1. The molecule has 4 fully saturated rings. The summed E-state index contributed by atoms with van der Waals surface area (Å²) in [5.41, 5.74) is 7.69. The summed E-state index contributed by atoms with van der Waals surface area (Å²) in [4.78, 5) is 65.3. The van der Waals surface area contributed by atoms with Gasteiger partial charge in [-0.1, -0.05) is 30.7 Å². The van der Waals surface area contributed by atoms with Crippen LogP contribution in [0.2, 0.25) is 5.02 Å². The Balaban J connectivity index is 0.756. The topological polar surface area (TPSA) is 101 Å². The number of carbonyl (C=O) groups excluding carboxylic acids is 4. The first-order chi connectivity index (χ1) is 26.4. The van der Waals surface area contributed by atoms with Gasteiger partial charge in [-0.3, -0.25) is 29.4 Å². The molecule has 284 valence electrons. The van der Waals surface area contributed by atoms with Crippen LogP contribution in [0.5, 0.6) is 0 Å². The fourth-order valence-corrected chi connectivity index (χ4v) is 10.6. The predicted molar refractivity (Wildman–Crippen MR) is 210 cm³/mol. The molecule has 9 rings (SSSR count). The van der Waals surface area contributed by atoms with Crippen LogP contribution in [0.4, 0.5) is 17.1 Å². The van der Waals surface area contributed by atoms with Gasteiger partial charge < -0.3 is 19.6 Å². The maximum atomic E-state index is 13.5. The van der Waals surface area contributed by atoms with Crippen molar-refractivity contribution in [3.8, 4) is 0 Å². The van der Waals surface area contributed by atoms with Gasteiger partial charge in [0.05, 0.1) is 6.57 Å². The number of halogens is 1. The number of nitrogens with zero attached hydrogens (tertiary/aromatic N) is 6. The van der Waals surface area contributed by atoms with Gasteiger partial charge in [-0.05, 0) is 97.2 Å². The lowest BCUT2D eigenvalue weighted by Gasteiger charge is -2.49. The van der Waals surface area contributed by atoms with E-state index in [0.717, 1.165) is 86.6 Å². The standard InChI is InChI=1S/C43H46ClN7O4/c1-27-19-43(26-51(27)33-8-9-36(45-3)35(44)18-33)12-14-48(15-13-43)32-6-4-28(5-7-32)40(54)49-24-42(2,25-49)23-47-20-29-16-31-22-50(37-10-11-38(52)46-39(37)53)41(55)34(31)17-30(29)21-47/h4-9,16-18,27,37H,10-15,19-26H2,1-2H3,(H,46,52,53)/t27-,37?/m0/s1. The molecule has 0 radical (unpaired) electrons. The van der Waals surface area contributed by atoms with E-state index in [1.165, 1.54) is 5.56 Å². The summed E-state index contributed by atoms with van der Waals surface area (Å²) in [6.45, 7) is 19.0. The summed E-state index contributed by atoms with van der Waals surface area (Å²) in [5, 5.41) is 2.89. The average Bonchev–Trinajstić information content (AvgIpc) is 3.80. The third kappa shape index (κ3) is 6.43. The third-order valence-corrected chi connectivity index (χ3v) is 13.4. The second kappa shape index (κ2) is 13.4. The fourth-order valence-electron chi connectivity index (χ4n) is 10.3. The third-order valence-electron chi connectivity index (χ3n) is 13.1. The van der Waals surface area contributed by atoms with Crippen molar-refractivity contribution in [2.45, 2.75) is 77.7 Å². The summed E-state index contributed by atoms with van der Waals surface area (Å²) in [6.07, 6.45) is 3.98. The summed E-state index contributed by atoms with van der Waals surface area (Å²) in [5.74, 6) is -0.731. The van der Waals surface area contributed by atoms with Crippen molar-refractivity contribution in [3.63, 3.8) is 0 Å². The van der Waals surface area contributed by atoms with E-state index in [-0.39, 0.29) is 40.9 Å². The highest BCUT2D eigenvalue weighted by Crippen LogP contribution is 2.46. The van der Waals surface area contributed by atoms with Gasteiger partial charge in [0.1, 0.15) is 6.04 Å². The number of anilines is 2. The SMILES string of the molecule is [C-]#[N+]c1ccc(N2CC3(CCN(c4ccc(C(=O)N5CC(C)(CN6Cc7cc8c(cc7C6)C(=O)N(C6CCC(=O)NC6=O)C8)C5)cc4)CC3)C[C@@H]2C)cc1Cl. The highest BCUT2D eigenvalue weighted by atomic mass is 35.5.